The van der Waals surface area contributed by atoms with Crippen LogP contribution in [0.2, 0.25) is 0 Å². The zero-order chi connectivity index (χ0) is 13.7. The van der Waals surface area contributed by atoms with Crippen molar-refractivity contribution in [3.8, 4) is 0 Å². The second-order valence-corrected chi connectivity index (χ2v) is 6.27. The summed E-state index contributed by atoms with van der Waals surface area (Å²) in [5.41, 5.74) is 5.35. The summed E-state index contributed by atoms with van der Waals surface area (Å²) in [6.07, 6.45) is 8.05. The third-order valence-electron chi connectivity index (χ3n) is 4.67. The summed E-state index contributed by atoms with van der Waals surface area (Å²) in [7, 11) is 0. The Hall–Kier alpha value is -0.610. The normalized spacial score (nSPS) is 24.4. The predicted octanol–water partition coefficient (Wildman–Crippen LogP) is 1.92. The average molecular weight is 268 g/mol. The molecule has 0 aromatic carbocycles. The molecule has 0 unspecified atom stereocenters. The number of likely N-dealkylation sites (tertiary alicyclic amines) is 1. The molecule has 0 radical (unpaired) electrons. The van der Waals surface area contributed by atoms with Crippen LogP contribution in [0.4, 0.5) is 0 Å². The molecule has 0 spiro atoms. The van der Waals surface area contributed by atoms with Crippen LogP contribution in [-0.4, -0.2) is 43.2 Å². The van der Waals surface area contributed by atoms with Crippen LogP contribution in [0.1, 0.15) is 51.9 Å². The van der Waals surface area contributed by atoms with Crippen molar-refractivity contribution >= 4 is 5.91 Å². The van der Waals surface area contributed by atoms with Crippen molar-refractivity contribution in [3.05, 3.63) is 0 Å². The molecule has 4 heteroatoms. The maximum absolute atomic E-state index is 12.7. The lowest BCUT2D eigenvalue weighted by Gasteiger charge is -2.40. The number of carbonyl (C=O) groups is 1. The maximum atomic E-state index is 12.7. The zero-order valence-corrected chi connectivity index (χ0v) is 12.2. The first-order valence-electron chi connectivity index (χ1n) is 7.77. The van der Waals surface area contributed by atoms with Gasteiger partial charge in [0.2, 0.25) is 5.91 Å². The first-order chi connectivity index (χ1) is 9.15. The van der Waals surface area contributed by atoms with Gasteiger partial charge in [0, 0.05) is 25.0 Å². The van der Waals surface area contributed by atoms with Crippen LogP contribution in [0, 0.1) is 5.41 Å². The number of piperidine rings is 1. The Bertz CT molecular complexity index is 293. The summed E-state index contributed by atoms with van der Waals surface area (Å²) < 4.78 is 5.67. The lowest BCUT2D eigenvalue weighted by Crippen LogP contribution is -2.48. The summed E-state index contributed by atoms with van der Waals surface area (Å²) >= 11 is 0. The molecule has 2 fully saturated rings. The number of hydrogen-bond acceptors (Lipinski definition) is 3. The van der Waals surface area contributed by atoms with Gasteiger partial charge >= 0.3 is 0 Å². The molecule has 2 aliphatic rings. The van der Waals surface area contributed by atoms with Crippen molar-refractivity contribution in [2.75, 3.05) is 26.2 Å². The summed E-state index contributed by atoms with van der Waals surface area (Å²) in [6, 6.07) is 0. The average Bonchev–Trinajstić information content (AvgIpc) is 2.46. The monoisotopic (exact) mass is 268 g/mol. The Morgan fingerprint density at radius 3 is 2.47 bits per heavy atom. The smallest absolute Gasteiger partial charge is 0.228 e. The van der Waals surface area contributed by atoms with Crippen molar-refractivity contribution in [2.24, 2.45) is 11.1 Å². The minimum Gasteiger partial charge on any atom is -0.377 e. The molecule has 0 aromatic rings. The van der Waals surface area contributed by atoms with E-state index in [0.717, 1.165) is 38.8 Å². The van der Waals surface area contributed by atoms with Crippen LogP contribution in [0.15, 0.2) is 0 Å². The molecule has 4 nitrogen and oxygen atoms in total. The molecule has 1 aliphatic heterocycles. The van der Waals surface area contributed by atoms with E-state index in [1.54, 1.807) is 0 Å². The van der Waals surface area contributed by atoms with E-state index >= 15 is 0 Å². The predicted molar refractivity (Wildman–Crippen MR) is 75.8 cm³/mol. The molecular weight excluding hydrogens is 240 g/mol. The first kappa shape index (κ1) is 14.8. The van der Waals surface area contributed by atoms with E-state index in [9.17, 15) is 4.79 Å². The van der Waals surface area contributed by atoms with Gasteiger partial charge in [-0.2, -0.15) is 0 Å². The number of nitrogens with two attached hydrogens (primary N) is 1. The van der Waals surface area contributed by atoms with E-state index in [2.05, 4.69) is 11.8 Å². The lowest BCUT2D eigenvalue weighted by atomic mass is 9.74. The molecule has 1 aliphatic carbocycles. The molecule has 0 bridgehead atoms. The summed E-state index contributed by atoms with van der Waals surface area (Å²) in [6.45, 7) is 5.08. The van der Waals surface area contributed by atoms with Gasteiger partial charge in [-0.3, -0.25) is 4.79 Å². The summed E-state index contributed by atoms with van der Waals surface area (Å²) in [4.78, 5) is 14.7. The maximum Gasteiger partial charge on any atom is 0.228 e. The van der Waals surface area contributed by atoms with Crippen LogP contribution in [-0.2, 0) is 9.53 Å². The molecule has 1 saturated carbocycles. The minimum absolute atomic E-state index is 0.0940. The van der Waals surface area contributed by atoms with Crippen molar-refractivity contribution in [2.45, 2.75) is 58.0 Å². The van der Waals surface area contributed by atoms with E-state index < -0.39 is 0 Å². The Balaban J connectivity index is 1.81. The highest BCUT2D eigenvalue weighted by Gasteiger charge is 2.38. The van der Waals surface area contributed by atoms with Gasteiger partial charge in [0.05, 0.1) is 12.7 Å². The van der Waals surface area contributed by atoms with E-state index in [0.29, 0.717) is 25.2 Å². The van der Waals surface area contributed by atoms with Gasteiger partial charge in [0.1, 0.15) is 0 Å². The SMILES string of the molecule is CC1(C(=O)N2CCC(OCCN)CC2)CCCCC1. The Morgan fingerprint density at radius 2 is 1.89 bits per heavy atom. The largest absolute Gasteiger partial charge is 0.377 e. The molecule has 0 atom stereocenters. The highest BCUT2D eigenvalue weighted by molar-refractivity contribution is 5.82. The molecule has 110 valence electrons. The second-order valence-electron chi connectivity index (χ2n) is 6.27. The molecule has 2 rings (SSSR count). The number of carbonyl (C=O) groups excluding carboxylic acids is 1. The van der Waals surface area contributed by atoms with Gasteiger partial charge in [0.25, 0.3) is 0 Å². The number of rotatable bonds is 4. The van der Waals surface area contributed by atoms with E-state index in [-0.39, 0.29) is 5.41 Å². The van der Waals surface area contributed by atoms with Gasteiger partial charge in [-0.05, 0) is 25.7 Å². The Labute approximate surface area is 116 Å². The van der Waals surface area contributed by atoms with Gasteiger partial charge in [0.15, 0.2) is 0 Å². The topological polar surface area (TPSA) is 55.6 Å². The van der Waals surface area contributed by atoms with E-state index in [1.165, 1.54) is 19.3 Å². The van der Waals surface area contributed by atoms with Crippen LogP contribution in [0.3, 0.4) is 0 Å². The number of ether oxygens (including phenoxy) is 1. The van der Waals surface area contributed by atoms with Crippen molar-refractivity contribution < 1.29 is 9.53 Å². The van der Waals surface area contributed by atoms with Crippen LogP contribution in [0.5, 0.6) is 0 Å². The number of nitrogens with zero attached hydrogens (tertiary/aromatic N) is 1. The fourth-order valence-electron chi connectivity index (χ4n) is 3.39. The third-order valence-corrected chi connectivity index (χ3v) is 4.67. The molecule has 2 N–H and O–H groups in total. The fourth-order valence-corrected chi connectivity index (χ4v) is 3.39. The number of hydrogen-bond donors (Lipinski definition) is 1. The van der Waals surface area contributed by atoms with Gasteiger partial charge in [-0.25, -0.2) is 0 Å². The minimum atomic E-state index is -0.0940. The highest BCUT2D eigenvalue weighted by Crippen LogP contribution is 2.38. The van der Waals surface area contributed by atoms with Crippen molar-refractivity contribution in [3.63, 3.8) is 0 Å². The molecule has 19 heavy (non-hydrogen) atoms. The fraction of sp³-hybridized carbons (Fsp3) is 0.933. The van der Waals surface area contributed by atoms with Crippen LogP contribution in [0.25, 0.3) is 0 Å². The first-order valence-corrected chi connectivity index (χ1v) is 7.77. The molecule has 0 aromatic heterocycles. The van der Waals surface area contributed by atoms with Gasteiger partial charge in [-0.15, -0.1) is 0 Å². The standard InChI is InChI=1S/C15H28N2O2/c1-15(7-3-2-4-8-15)14(18)17-10-5-13(6-11-17)19-12-9-16/h13H,2-12,16H2,1H3. The van der Waals surface area contributed by atoms with E-state index in [1.807, 2.05) is 0 Å². The quantitative estimate of drug-likeness (QED) is 0.847. The molecule has 1 saturated heterocycles. The molecular formula is C15H28N2O2. The highest BCUT2D eigenvalue weighted by atomic mass is 16.5. The second kappa shape index (κ2) is 6.71. The van der Waals surface area contributed by atoms with Crippen molar-refractivity contribution in [1.29, 1.82) is 0 Å². The van der Waals surface area contributed by atoms with Crippen LogP contribution < -0.4 is 5.73 Å². The summed E-state index contributed by atoms with van der Waals surface area (Å²) in [5.74, 6) is 0.379. The van der Waals surface area contributed by atoms with Crippen molar-refractivity contribution in [1.82, 2.24) is 4.90 Å². The third kappa shape index (κ3) is 3.69. The zero-order valence-electron chi connectivity index (χ0n) is 12.2. The Morgan fingerprint density at radius 1 is 1.26 bits per heavy atom. The molecule has 1 heterocycles. The Kier molecular flexibility index (Phi) is 5.22. The summed E-state index contributed by atoms with van der Waals surface area (Å²) in [5, 5.41) is 0. The van der Waals surface area contributed by atoms with Crippen LogP contribution >= 0.6 is 0 Å². The lowest BCUT2D eigenvalue weighted by molar-refractivity contribution is -0.145. The molecule has 1 amide bonds. The van der Waals surface area contributed by atoms with E-state index in [4.69, 9.17) is 10.5 Å². The number of amides is 1. The van der Waals surface area contributed by atoms with Gasteiger partial charge < -0.3 is 15.4 Å². The van der Waals surface area contributed by atoms with Gasteiger partial charge in [-0.1, -0.05) is 26.2 Å².